The molecule has 1 unspecified atom stereocenters. The van der Waals surface area contributed by atoms with Gasteiger partial charge in [-0.1, -0.05) is 6.07 Å². The lowest BCUT2D eigenvalue weighted by molar-refractivity contribution is -0.517. The summed E-state index contributed by atoms with van der Waals surface area (Å²) in [5.41, 5.74) is 0.881. The highest BCUT2D eigenvalue weighted by Crippen LogP contribution is 2.29. The van der Waals surface area contributed by atoms with E-state index in [4.69, 9.17) is 9.47 Å². The van der Waals surface area contributed by atoms with E-state index >= 15 is 0 Å². The second-order valence-electron chi connectivity index (χ2n) is 3.99. The minimum atomic E-state index is -0.600. The van der Waals surface area contributed by atoms with Gasteiger partial charge in [0.05, 0.1) is 13.2 Å². The molecule has 5 nitrogen and oxygen atoms in total. The molecule has 1 aromatic rings. The van der Waals surface area contributed by atoms with E-state index in [0.29, 0.717) is 31.1 Å². The smallest absolute Gasteiger partial charge is 0.214 e. The molecule has 0 fully saturated rings. The molecular formula is C13H19NO4. The summed E-state index contributed by atoms with van der Waals surface area (Å²) in [4.78, 5) is 10.4. The Bertz CT molecular complexity index is 406. The molecule has 100 valence electrons. The zero-order valence-corrected chi connectivity index (χ0v) is 11.0. The number of ether oxygens (including phenoxy) is 2. The number of rotatable bonds is 7. The van der Waals surface area contributed by atoms with Crippen molar-refractivity contribution in [1.29, 1.82) is 0 Å². The van der Waals surface area contributed by atoms with Crippen LogP contribution in [0.3, 0.4) is 0 Å². The number of benzene rings is 1. The Balaban J connectivity index is 2.88. The molecule has 5 heteroatoms. The van der Waals surface area contributed by atoms with Crippen LogP contribution in [0.15, 0.2) is 18.2 Å². The summed E-state index contributed by atoms with van der Waals surface area (Å²) in [6.07, 6.45) is 0.388. The molecule has 0 N–H and O–H groups in total. The second-order valence-corrected chi connectivity index (χ2v) is 3.99. The third-order valence-corrected chi connectivity index (χ3v) is 2.50. The molecule has 0 heterocycles. The van der Waals surface area contributed by atoms with E-state index in [1.165, 1.54) is 0 Å². The van der Waals surface area contributed by atoms with Gasteiger partial charge in [0.15, 0.2) is 11.5 Å². The van der Waals surface area contributed by atoms with E-state index in [2.05, 4.69) is 0 Å². The second kappa shape index (κ2) is 6.83. The molecule has 1 rings (SSSR count). The molecule has 18 heavy (non-hydrogen) atoms. The highest BCUT2D eigenvalue weighted by Gasteiger charge is 2.15. The van der Waals surface area contributed by atoms with Crippen LogP contribution in [0, 0.1) is 10.1 Å². The van der Waals surface area contributed by atoms with E-state index < -0.39 is 6.04 Å². The lowest BCUT2D eigenvalue weighted by atomic mass is 10.1. The molecule has 0 aliphatic rings. The molecule has 0 radical (unpaired) electrons. The summed E-state index contributed by atoms with van der Waals surface area (Å²) >= 11 is 0. The Morgan fingerprint density at radius 1 is 1.22 bits per heavy atom. The lowest BCUT2D eigenvalue weighted by Gasteiger charge is -2.12. The van der Waals surface area contributed by atoms with Gasteiger partial charge in [0.1, 0.15) is 0 Å². The van der Waals surface area contributed by atoms with Gasteiger partial charge >= 0.3 is 0 Å². The highest BCUT2D eigenvalue weighted by atomic mass is 16.6. The van der Waals surface area contributed by atoms with Gasteiger partial charge in [-0.05, 0) is 31.5 Å². The quantitative estimate of drug-likeness (QED) is 0.553. The first-order valence-corrected chi connectivity index (χ1v) is 6.10. The molecule has 0 aromatic heterocycles. The summed E-state index contributed by atoms with van der Waals surface area (Å²) in [6, 6.07) is 4.86. The maximum absolute atomic E-state index is 10.6. The third-order valence-electron chi connectivity index (χ3n) is 2.50. The summed E-state index contributed by atoms with van der Waals surface area (Å²) in [5.74, 6) is 1.32. The number of hydrogen-bond donors (Lipinski definition) is 0. The van der Waals surface area contributed by atoms with E-state index in [1.807, 2.05) is 26.0 Å². The Morgan fingerprint density at radius 2 is 1.83 bits per heavy atom. The summed E-state index contributed by atoms with van der Waals surface area (Å²) < 4.78 is 10.9. The average molecular weight is 253 g/mol. The summed E-state index contributed by atoms with van der Waals surface area (Å²) in [7, 11) is 0. The van der Waals surface area contributed by atoms with Crippen LogP contribution in [0.5, 0.6) is 11.5 Å². The normalized spacial score (nSPS) is 11.9. The zero-order valence-electron chi connectivity index (χ0n) is 11.0. The lowest BCUT2D eigenvalue weighted by Crippen LogP contribution is -2.17. The average Bonchev–Trinajstić information content (AvgIpc) is 2.33. The molecule has 1 aromatic carbocycles. The first-order chi connectivity index (χ1) is 8.58. The maximum Gasteiger partial charge on any atom is 0.214 e. The maximum atomic E-state index is 10.6. The van der Waals surface area contributed by atoms with Crippen molar-refractivity contribution in [2.24, 2.45) is 0 Å². The Morgan fingerprint density at radius 3 is 2.39 bits per heavy atom. The molecule has 0 aliphatic carbocycles. The fraction of sp³-hybridized carbons (Fsp3) is 0.538. The van der Waals surface area contributed by atoms with Crippen molar-refractivity contribution in [3.63, 3.8) is 0 Å². The van der Waals surface area contributed by atoms with Crippen molar-refractivity contribution in [3.8, 4) is 11.5 Å². The predicted molar refractivity (Wildman–Crippen MR) is 68.9 cm³/mol. The predicted octanol–water partition coefficient (Wildman–Crippen LogP) is 2.69. The van der Waals surface area contributed by atoms with Gasteiger partial charge in [-0.2, -0.15) is 0 Å². The van der Waals surface area contributed by atoms with Gasteiger partial charge in [-0.25, -0.2) is 0 Å². The standard InChI is InChI=1S/C13H19NO4/c1-4-17-12-7-6-11(8-10(3)14(15)16)9-13(12)18-5-2/h6-7,9-10H,4-5,8H2,1-3H3. The molecule has 1 atom stereocenters. The molecular weight excluding hydrogens is 234 g/mol. The molecule has 0 saturated heterocycles. The van der Waals surface area contributed by atoms with E-state index in [1.54, 1.807) is 13.0 Å². The van der Waals surface area contributed by atoms with Crippen molar-refractivity contribution in [1.82, 2.24) is 0 Å². The zero-order chi connectivity index (χ0) is 13.5. The van der Waals surface area contributed by atoms with Gasteiger partial charge in [0.25, 0.3) is 0 Å². The van der Waals surface area contributed by atoms with Crippen molar-refractivity contribution < 1.29 is 14.4 Å². The molecule has 0 aliphatic heterocycles. The van der Waals surface area contributed by atoms with Crippen molar-refractivity contribution in [3.05, 3.63) is 33.9 Å². The first-order valence-electron chi connectivity index (χ1n) is 6.10. The number of nitrogens with zero attached hydrogens (tertiary/aromatic N) is 1. The molecule has 0 amide bonds. The highest BCUT2D eigenvalue weighted by molar-refractivity contribution is 5.43. The molecule has 0 saturated carbocycles. The van der Waals surface area contributed by atoms with Crippen molar-refractivity contribution in [2.45, 2.75) is 33.2 Å². The van der Waals surface area contributed by atoms with E-state index in [-0.39, 0.29) is 4.92 Å². The SMILES string of the molecule is CCOc1ccc(CC(C)[N+](=O)[O-])cc1OCC. The topological polar surface area (TPSA) is 61.6 Å². The fourth-order valence-electron chi connectivity index (χ4n) is 1.64. The van der Waals surface area contributed by atoms with Crippen LogP contribution in [0.25, 0.3) is 0 Å². The van der Waals surface area contributed by atoms with E-state index in [9.17, 15) is 10.1 Å². The van der Waals surface area contributed by atoms with Gasteiger partial charge in [-0.15, -0.1) is 0 Å². The van der Waals surface area contributed by atoms with Crippen LogP contribution in [-0.2, 0) is 6.42 Å². The number of nitro groups is 1. The summed E-state index contributed by atoms with van der Waals surface area (Å²) in [6.45, 7) is 6.48. The minimum Gasteiger partial charge on any atom is -0.490 e. The van der Waals surface area contributed by atoms with Gasteiger partial charge in [0, 0.05) is 18.3 Å². The molecule has 0 bridgehead atoms. The van der Waals surface area contributed by atoms with Crippen LogP contribution in [0.4, 0.5) is 0 Å². The monoisotopic (exact) mass is 253 g/mol. The largest absolute Gasteiger partial charge is 0.490 e. The van der Waals surface area contributed by atoms with Gasteiger partial charge in [-0.3, -0.25) is 10.1 Å². The first kappa shape index (κ1) is 14.3. The third kappa shape index (κ3) is 3.91. The van der Waals surface area contributed by atoms with Crippen molar-refractivity contribution >= 4 is 0 Å². The minimum absolute atomic E-state index is 0.281. The van der Waals surface area contributed by atoms with Crippen molar-refractivity contribution in [2.75, 3.05) is 13.2 Å². The van der Waals surface area contributed by atoms with Crippen LogP contribution >= 0.6 is 0 Å². The van der Waals surface area contributed by atoms with E-state index in [0.717, 1.165) is 5.56 Å². The van der Waals surface area contributed by atoms with Crippen LogP contribution in [0.2, 0.25) is 0 Å². The van der Waals surface area contributed by atoms with Crippen LogP contribution in [-0.4, -0.2) is 24.2 Å². The number of hydrogen-bond acceptors (Lipinski definition) is 4. The van der Waals surface area contributed by atoms with Gasteiger partial charge < -0.3 is 9.47 Å². The summed E-state index contributed by atoms with van der Waals surface area (Å²) in [5, 5.41) is 10.6. The van der Waals surface area contributed by atoms with Crippen LogP contribution < -0.4 is 9.47 Å². The Kier molecular flexibility index (Phi) is 5.42. The Labute approximate surface area is 107 Å². The van der Waals surface area contributed by atoms with Crippen LogP contribution in [0.1, 0.15) is 26.3 Å². The van der Waals surface area contributed by atoms with Gasteiger partial charge in [0.2, 0.25) is 6.04 Å². The Hall–Kier alpha value is -1.78. The fourth-order valence-corrected chi connectivity index (χ4v) is 1.64. The molecule has 0 spiro atoms.